The van der Waals surface area contributed by atoms with E-state index in [1.54, 1.807) is 0 Å². The Morgan fingerprint density at radius 1 is 0.280 bits per heavy atom. The summed E-state index contributed by atoms with van der Waals surface area (Å²) in [6.07, 6.45) is 0. The van der Waals surface area contributed by atoms with Crippen LogP contribution in [0.5, 0.6) is 0 Å². The lowest BCUT2D eigenvalue weighted by molar-refractivity contribution is 0.668. The average molecular weight is 977 g/mol. The molecule has 5 heteroatoms. The first-order chi connectivity index (χ1) is 36.9. The Bertz CT molecular complexity index is 4560. The number of hydrogen-bond acceptors (Lipinski definition) is 4. The van der Waals surface area contributed by atoms with Gasteiger partial charge in [0.05, 0.1) is 0 Å². The molecular formula is C70H48N2O2Si. The van der Waals surface area contributed by atoms with E-state index < -0.39 is 8.07 Å². The Morgan fingerprint density at radius 3 is 1.27 bits per heavy atom. The van der Waals surface area contributed by atoms with Gasteiger partial charge in [-0.3, -0.25) is 0 Å². The Kier molecular flexibility index (Phi) is 9.68. The molecule has 0 bridgehead atoms. The van der Waals surface area contributed by atoms with Gasteiger partial charge in [0.1, 0.15) is 30.4 Å². The molecule has 0 fully saturated rings. The highest BCUT2D eigenvalue weighted by Gasteiger charge is 2.37. The number of benzene rings is 12. The molecule has 1 aliphatic heterocycles. The minimum Gasteiger partial charge on any atom is -0.456 e. The van der Waals surface area contributed by atoms with Crippen LogP contribution in [0.4, 0.5) is 34.1 Å². The summed E-state index contributed by atoms with van der Waals surface area (Å²) in [6.45, 7) is 5.07. The molecule has 0 amide bonds. The molecule has 3 heterocycles. The van der Waals surface area contributed by atoms with Gasteiger partial charge in [-0.1, -0.05) is 165 Å². The number of anilines is 6. The second kappa shape index (κ2) is 16.8. The van der Waals surface area contributed by atoms with Gasteiger partial charge in [-0.2, -0.15) is 0 Å². The van der Waals surface area contributed by atoms with Gasteiger partial charge in [-0.25, -0.2) is 0 Å². The predicted molar refractivity (Wildman–Crippen MR) is 318 cm³/mol. The third-order valence-electron chi connectivity index (χ3n) is 15.8. The van der Waals surface area contributed by atoms with Crippen molar-refractivity contribution in [3.8, 4) is 33.4 Å². The predicted octanol–water partition coefficient (Wildman–Crippen LogP) is 18.9. The standard InChI is InChI=1S/C70H48N2O2Si/c1-75(2)68-23-13-20-59-60-41-52(71(50-29-24-47(25-30-50)45-14-5-3-6-15-45)53-35-38-66-61(42-53)56-18-9-11-21-64(56)73-66)33-28-49(60)40-63(70(59)68)58-37-34-55(44-69(58)75)72(51-31-26-48(27-32-51)46-16-7-4-8-17-46)54-36-39-67-62(43-54)57-19-10-12-22-65(57)74-67/h3-44H,1-2H3. The number of hydrogen-bond donors (Lipinski definition) is 0. The minimum atomic E-state index is -2.33. The van der Waals surface area contributed by atoms with Crippen molar-refractivity contribution in [2.24, 2.45) is 0 Å². The highest BCUT2D eigenvalue weighted by atomic mass is 28.3. The van der Waals surface area contributed by atoms with E-state index in [-0.39, 0.29) is 0 Å². The van der Waals surface area contributed by atoms with Crippen molar-refractivity contribution in [3.63, 3.8) is 0 Å². The summed E-state index contributed by atoms with van der Waals surface area (Å²) < 4.78 is 12.7. The van der Waals surface area contributed by atoms with Crippen LogP contribution in [0.3, 0.4) is 0 Å². The molecule has 354 valence electrons. The topological polar surface area (TPSA) is 32.8 Å². The van der Waals surface area contributed by atoms with Crippen molar-refractivity contribution in [1.29, 1.82) is 0 Å². The van der Waals surface area contributed by atoms with Gasteiger partial charge in [-0.05, 0) is 168 Å². The van der Waals surface area contributed by atoms with E-state index in [9.17, 15) is 0 Å². The molecule has 1 aliphatic rings. The molecule has 0 radical (unpaired) electrons. The summed E-state index contributed by atoms with van der Waals surface area (Å²) in [5, 5.41) is 12.4. The largest absolute Gasteiger partial charge is 0.456 e. The molecule has 0 N–H and O–H groups in total. The number of rotatable bonds is 8. The zero-order chi connectivity index (χ0) is 49.8. The van der Waals surface area contributed by atoms with E-state index in [0.29, 0.717) is 0 Å². The number of nitrogens with zero attached hydrogens (tertiary/aromatic N) is 2. The SMILES string of the molecule is C[Si]1(C)c2cc(N(c3ccc(-c4ccccc4)cc3)c3ccc4oc5ccccc5c4c3)ccc2-c2cc3ccc(N(c4ccc(-c5ccccc5)cc4)c4ccc5oc6ccccc6c5c4)cc3c3cccc1c23. The maximum Gasteiger partial charge on any atom is 0.135 e. The van der Waals surface area contributed by atoms with Gasteiger partial charge in [0.2, 0.25) is 0 Å². The molecule has 0 unspecified atom stereocenters. The normalized spacial score (nSPS) is 12.8. The van der Waals surface area contributed by atoms with Crippen LogP contribution in [0, 0.1) is 0 Å². The molecule has 0 spiro atoms. The zero-order valence-electron chi connectivity index (χ0n) is 41.5. The van der Waals surface area contributed by atoms with Crippen LogP contribution in [-0.2, 0) is 0 Å². The van der Waals surface area contributed by atoms with Crippen LogP contribution >= 0.6 is 0 Å². The zero-order valence-corrected chi connectivity index (χ0v) is 42.5. The fraction of sp³-hybridized carbons (Fsp3) is 0.0286. The van der Waals surface area contributed by atoms with Crippen LogP contribution < -0.4 is 20.2 Å². The van der Waals surface area contributed by atoms with Gasteiger partial charge >= 0.3 is 0 Å². The van der Waals surface area contributed by atoms with Crippen molar-refractivity contribution in [3.05, 3.63) is 255 Å². The van der Waals surface area contributed by atoms with Crippen molar-refractivity contribution >= 4 is 118 Å². The maximum absolute atomic E-state index is 6.34. The van der Waals surface area contributed by atoms with E-state index in [0.717, 1.165) is 78.0 Å². The van der Waals surface area contributed by atoms with Crippen molar-refractivity contribution in [2.75, 3.05) is 9.80 Å². The average Bonchev–Trinajstić information content (AvgIpc) is 4.09. The van der Waals surface area contributed by atoms with Crippen LogP contribution in [0.15, 0.2) is 264 Å². The lowest BCUT2D eigenvalue weighted by Crippen LogP contribution is -2.56. The highest BCUT2D eigenvalue weighted by Crippen LogP contribution is 2.46. The summed E-state index contributed by atoms with van der Waals surface area (Å²) in [4.78, 5) is 4.82. The van der Waals surface area contributed by atoms with Crippen molar-refractivity contribution in [2.45, 2.75) is 13.1 Å². The smallest absolute Gasteiger partial charge is 0.135 e. The van der Waals surface area contributed by atoms with Crippen molar-refractivity contribution < 1.29 is 8.83 Å². The Balaban J connectivity index is 0.879. The lowest BCUT2D eigenvalue weighted by atomic mass is 9.92. The van der Waals surface area contributed by atoms with E-state index >= 15 is 0 Å². The summed E-state index contributed by atoms with van der Waals surface area (Å²) in [5.74, 6) is 0. The van der Waals surface area contributed by atoms with Gasteiger partial charge in [0.25, 0.3) is 0 Å². The minimum absolute atomic E-state index is 0.882. The van der Waals surface area contributed by atoms with Crippen molar-refractivity contribution in [1.82, 2.24) is 0 Å². The third kappa shape index (κ3) is 6.96. The molecule has 0 saturated heterocycles. The van der Waals surface area contributed by atoms with Gasteiger partial charge in [0, 0.05) is 55.7 Å². The molecule has 12 aromatic carbocycles. The molecule has 0 saturated carbocycles. The second-order valence-corrected chi connectivity index (χ2v) is 24.8. The fourth-order valence-electron chi connectivity index (χ4n) is 12.1. The lowest BCUT2D eigenvalue weighted by Gasteiger charge is -2.35. The van der Waals surface area contributed by atoms with E-state index in [1.807, 2.05) is 18.2 Å². The van der Waals surface area contributed by atoms with E-state index in [1.165, 1.54) is 65.3 Å². The number of para-hydroxylation sites is 2. The summed E-state index contributed by atoms with van der Waals surface area (Å²) in [5.41, 5.74) is 17.5. The van der Waals surface area contributed by atoms with Crippen LogP contribution in [-0.4, -0.2) is 8.07 Å². The molecule has 0 aliphatic carbocycles. The number of furan rings is 2. The fourth-order valence-corrected chi connectivity index (χ4v) is 15.2. The molecule has 2 aromatic heterocycles. The molecule has 75 heavy (non-hydrogen) atoms. The van der Waals surface area contributed by atoms with E-state index in [4.69, 9.17) is 8.83 Å². The van der Waals surface area contributed by atoms with Gasteiger partial charge in [0.15, 0.2) is 0 Å². The first-order valence-electron chi connectivity index (χ1n) is 25.8. The van der Waals surface area contributed by atoms with E-state index in [2.05, 4.69) is 259 Å². The molecular weight excluding hydrogens is 929 g/mol. The van der Waals surface area contributed by atoms with Crippen LogP contribution in [0.25, 0.3) is 98.8 Å². The summed E-state index contributed by atoms with van der Waals surface area (Å²) in [7, 11) is -2.33. The number of fused-ring (bicyclic) bond motifs is 10. The molecule has 15 rings (SSSR count). The Labute approximate surface area is 435 Å². The Morgan fingerprint density at radius 2 is 0.707 bits per heavy atom. The Hall–Kier alpha value is -9.42. The highest BCUT2D eigenvalue weighted by molar-refractivity contribution is 7.03. The molecule has 14 aromatic rings. The van der Waals surface area contributed by atoms with Crippen LogP contribution in [0.1, 0.15) is 0 Å². The third-order valence-corrected chi connectivity index (χ3v) is 19.3. The molecule has 0 atom stereocenters. The van der Waals surface area contributed by atoms with Gasteiger partial charge in [-0.15, -0.1) is 0 Å². The quantitative estimate of drug-likeness (QED) is 0.112. The van der Waals surface area contributed by atoms with Gasteiger partial charge < -0.3 is 18.6 Å². The first kappa shape index (κ1) is 43.2. The monoisotopic (exact) mass is 976 g/mol. The summed E-state index contributed by atoms with van der Waals surface area (Å²) >= 11 is 0. The first-order valence-corrected chi connectivity index (χ1v) is 28.8. The maximum atomic E-state index is 6.34. The molecule has 4 nitrogen and oxygen atoms in total. The summed E-state index contributed by atoms with van der Waals surface area (Å²) in [6, 6.07) is 92.8. The second-order valence-electron chi connectivity index (χ2n) is 20.5. The van der Waals surface area contributed by atoms with Crippen LogP contribution in [0.2, 0.25) is 13.1 Å².